The Hall–Kier alpha value is -1.72. The Kier molecular flexibility index (Phi) is 8.09. The monoisotopic (exact) mass is 407 g/mol. The number of para-hydroxylation sites is 1. The van der Waals surface area contributed by atoms with Crippen LogP contribution in [0.5, 0.6) is 17.2 Å². The minimum atomic E-state index is 0.672. The smallest absolute Gasteiger partial charge is 0.175 e. The maximum absolute atomic E-state index is 5.77. The molecule has 0 bridgehead atoms. The summed E-state index contributed by atoms with van der Waals surface area (Å²) >= 11 is 3.58. The van der Waals surface area contributed by atoms with Crippen molar-refractivity contribution in [3.63, 3.8) is 0 Å². The molecule has 2 aromatic carbocycles. The highest BCUT2D eigenvalue weighted by molar-refractivity contribution is 9.10. The molecule has 0 aliphatic carbocycles. The number of rotatable bonds is 10. The van der Waals surface area contributed by atoms with Crippen molar-refractivity contribution in [2.24, 2.45) is 0 Å². The van der Waals surface area contributed by atoms with Crippen molar-refractivity contribution in [1.82, 2.24) is 5.32 Å². The van der Waals surface area contributed by atoms with E-state index in [1.54, 1.807) is 14.2 Å². The summed E-state index contributed by atoms with van der Waals surface area (Å²) < 4.78 is 17.5. The van der Waals surface area contributed by atoms with Crippen molar-refractivity contribution in [3.8, 4) is 17.2 Å². The lowest BCUT2D eigenvalue weighted by Crippen LogP contribution is -2.17. The second kappa shape index (κ2) is 10.3. The molecule has 25 heavy (non-hydrogen) atoms. The van der Waals surface area contributed by atoms with E-state index in [2.05, 4.69) is 40.3 Å². The van der Waals surface area contributed by atoms with Crippen LogP contribution in [0.25, 0.3) is 0 Å². The summed E-state index contributed by atoms with van der Waals surface area (Å²) in [5.41, 5.74) is 2.35. The summed E-state index contributed by atoms with van der Waals surface area (Å²) in [5.74, 6) is 2.46. The molecule has 0 fully saturated rings. The predicted molar refractivity (Wildman–Crippen MR) is 105 cm³/mol. The molecule has 4 nitrogen and oxygen atoms in total. The van der Waals surface area contributed by atoms with Crippen molar-refractivity contribution in [1.29, 1.82) is 0 Å². The Morgan fingerprint density at radius 2 is 1.80 bits per heavy atom. The van der Waals surface area contributed by atoms with Crippen molar-refractivity contribution < 1.29 is 14.2 Å². The van der Waals surface area contributed by atoms with Crippen LogP contribution in [0.1, 0.15) is 24.5 Å². The minimum Gasteiger partial charge on any atom is -0.496 e. The Labute approximate surface area is 158 Å². The van der Waals surface area contributed by atoms with Gasteiger partial charge in [-0.15, -0.1) is 0 Å². The largest absolute Gasteiger partial charge is 0.496 e. The third kappa shape index (κ3) is 5.65. The number of halogens is 1. The quantitative estimate of drug-likeness (QED) is 0.584. The van der Waals surface area contributed by atoms with E-state index < -0.39 is 0 Å². The van der Waals surface area contributed by atoms with Gasteiger partial charge in [-0.1, -0.05) is 25.1 Å². The van der Waals surface area contributed by atoms with Crippen molar-refractivity contribution in [2.75, 3.05) is 27.4 Å². The third-order valence-electron chi connectivity index (χ3n) is 3.83. The Bertz CT molecular complexity index is 676. The lowest BCUT2D eigenvalue weighted by atomic mass is 10.1. The Balaban J connectivity index is 1.93. The molecular weight excluding hydrogens is 382 g/mol. The van der Waals surface area contributed by atoms with Crippen LogP contribution in [0.15, 0.2) is 40.9 Å². The lowest BCUT2D eigenvalue weighted by molar-refractivity contribution is 0.292. The number of nitrogens with one attached hydrogen (secondary N) is 1. The molecule has 0 aliphatic rings. The van der Waals surface area contributed by atoms with Gasteiger partial charge in [-0.2, -0.15) is 0 Å². The van der Waals surface area contributed by atoms with E-state index in [0.717, 1.165) is 53.2 Å². The van der Waals surface area contributed by atoms with Crippen LogP contribution in [0.2, 0.25) is 0 Å². The summed E-state index contributed by atoms with van der Waals surface area (Å²) in [5, 5.41) is 3.47. The molecule has 5 heteroatoms. The summed E-state index contributed by atoms with van der Waals surface area (Å²) in [7, 11) is 3.37. The highest BCUT2D eigenvalue weighted by atomic mass is 79.9. The maximum Gasteiger partial charge on any atom is 0.175 e. The van der Waals surface area contributed by atoms with E-state index in [1.807, 2.05) is 24.3 Å². The molecule has 0 aliphatic heterocycles. The van der Waals surface area contributed by atoms with Crippen LogP contribution < -0.4 is 19.5 Å². The third-order valence-corrected chi connectivity index (χ3v) is 4.42. The minimum absolute atomic E-state index is 0.672. The van der Waals surface area contributed by atoms with Crippen LogP contribution in [-0.2, 0) is 13.0 Å². The number of hydrogen-bond donors (Lipinski definition) is 1. The summed E-state index contributed by atoms with van der Waals surface area (Å²) in [4.78, 5) is 0. The van der Waals surface area contributed by atoms with Gasteiger partial charge in [0, 0.05) is 6.54 Å². The molecule has 0 spiro atoms. The molecule has 2 rings (SSSR count). The first kappa shape index (κ1) is 19.6. The van der Waals surface area contributed by atoms with E-state index in [9.17, 15) is 0 Å². The van der Waals surface area contributed by atoms with Gasteiger partial charge in [0.1, 0.15) is 5.75 Å². The Morgan fingerprint density at radius 1 is 1.04 bits per heavy atom. The Morgan fingerprint density at radius 3 is 2.52 bits per heavy atom. The van der Waals surface area contributed by atoms with Gasteiger partial charge >= 0.3 is 0 Å². The van der Waals surface area contributed by atoms with Gasteiger partial charge in [-0.05, 0) is 64.6 Å². The number of hydrogen-bond acceptors (Lipinski definition) is 4. The van der Waals surface area contributed by atoms with E-state index in [1.165, 1.54) is 5.56 Å². The van der Waals surface area contributed by atoms with Crippen molar-refractivity contribution in [2.45, 2.75) is 26.3 Å². The molecule has 0 saturated heterocycles. The van der Waals surface area contributed by atoms with Crippen LogP contribution in [0.4, 0.5) is 0 Å². The molecule has 0 aromatic heterocycles. The molecule has 1 N–H and O–H groups in total. The van der Waals surface area contributed by atoms with Gasteiger partial charge in [0.05, 0.1) is 25.3 Å². The summed E-state index contributed by atoms with van der Waals surface area (Å²) in [6, 6.07) is 12.2. The zero-order valence-corrected chi connectivity index (χ0v) is 16.7. The topological polar surface area (TPSA) is 39.7 Å². The molecule has 0 radical (unpaired) electrons. The zero-order chi connectivity index (χ0) is 18.1. The number of methoxy groups -OCH3 is 2. The maximum atomic E-state index is 5.77. The molecule has 0 saturated carbocycles. The van der Waals surface area contributed by atoms with Gasteiger partial charge in [0.2, 0.25) is 0 Å². The average molecular weight is 408 g/mol. The molecule has 0 atom stereocenters. The molecule has 136 valence electrons. The van der Waals surface area contributed by atoms with Crippen LogP contribution >= 0.6 is 15.9 Å². The van der Waals surface area contributed by atoms with Crippen molar-refractivity contribution >= 4 is 15.9 Å². The van der Waals surface area contributed by atoms with Crippen molar-refractivity contribution in [3.05, 3.63) is 52.0 Å². The second-order valence-electron chi connectivity index (χ2n) is 5.70. The fourth-order valence-electron chi connectivity index (χ4n) is 2.58. The van der Waals surface area contributed by atoms with Gasteiger partial charge in [-0.25, -0.2) is 0 Å². The van der Waals surface area contributed by atoms with Gasteiger partial charge in [0.15, 0.2) is 11.5 Å². The fourth-order valence-corrected chi connectivity index (χ4v) is 3.19. The second-order valence-corrected chi connectivity index (χ2v) is 6.55. The first-order valence-corrected chi connectivity index (χ1v) is 9.30. The van der Waals surface area contributed by atoms with E-state index in [0.29, 0.717) is 6.61 Å². The zero-order valence-electron chi connectivity index (χ0n) is 15.1. The first-order valence-electron chi connectivity index (χ1n) is 8.51. The summed E-state index contributed by atoms with van der Waals surface area (Å²) in [6.07, 6.45) is 1.88. The highest BCUT2D eigenvalue weighted by Gasteiger charge is 2.11. The molecular formula is C20H26BrNO3. The SMILES string of the molecule is CCCOc1c(Br)cc(CNCCc2ccccc2OC)cc1OC. The number of ether oxygens (including phenoxy) is 3. The normalized spacial score (nSPS) is 10.6. The average Bonchev–Trinajstić information content (AvgIpc) is 2.64. The first-order chi connectivity index (χ1) is 12.2. The van der Waals surface area contributed by atoms with Crippen LogP contribution in [0.3, 0.4) is 0 Å². The van der Waals surface area contributed by atoms with Gasteiger partial charge < -0.3 is 19.5 Å². The van der Waals surface area contributed by atoms with E-state index >= 15 is 0 Å². The van der Waals surface area contributed by atoms with Crippen LogP contribution in [-0.4, -0.2) is 27.4 Å². The highest BCUT2D eigenvalue weighted by Crippen LogP contribution is 2.36. The number of benzene rings is 2. The lowest BCUT2D eigenvalue weighted by Gasteiger charge is -2.14. The molecule has 0 unspecified atom stereocenters. The molecule has 0 heterocycles. The van der Waals surface area contributed by atoms with E-state index in [-0.39, 0.29) is 0 Å². The molecule has 2 aromatic rings. The fraction of sp³-hybridized carbons (Fsp3) is 0.400. The van der Waals surface area contributed by atoms with Gasteiger partial charge in [0.25, 0.3) is 0 Å². The van der Waals surface area contributed by atoms with Gasteiger partial charge in [-0.3, -0.25) is 0 Å². The standard InChI is InChI=1S/C20H26BrNO3/c1-4-11-25-20-17(21)12-15(13-19(20)24-3)14-22-10-9-16-7-5-6-8-18(16)23-2/h5-8,12-13,22H,4,9-11,14H2,1-3H3. The summed E-state index contributed by atoms with van der Waals surface area (Å²) in [6.45, 7) is 4.39. The predicted octanol–water partition coefficient (Wildman–Crippen LogP) is 4.59. The van der Waals surface area contributed by atoms with E-state index in [4.69, 9.17) is 14.2 Å². The van der Waals surface area contributed by atoms with Crippen LogP contribution in [0, 0.1) is 0 Å². The molecule has 0 amide bonds.